The number of benzene rings is 1. The molecule has 0 aliphatic carbocycles. The van der Waals surface area contributed by atoms with Crippen molar-refractivity contribution >= 4 is 39.2 Å². The van der Waals surface area contributed by atoms with Crippen LogP contribution >= 0.6 is 23.1 Å². The number of nitrogens with zero attached hydrogens (tertiary/aromatic N) is 2. The molecule has 1 atom stereocenters. The van der Waals surface area contributed by atoms with E-state index in [0.717, 1.165) is 16.0 Å². The summed E-state index contributed by atoms with van der Waals surface area (Å²) in [6.07, 6.45) is 1.66. The van der Waals surface area contributed by atoms with Crippen LogP contribution in [-0.2, 0) is 17.9 Å². The third kappa shape index (κ3) is 4.20. The number of carbonyl (C=O) groups excluding carboxylic acids is 1. The Hall–Kier alpha value is -2.78. The highest BCUT2D eigenvalue weighted by Crippen LogP contribution is 2.33. The number of fused-ring (bicyclic) bond motifs is 2. The second-order valence-corrected chi connectivity index (χ2v) is 9.74. The van der Waals surface area contributed by atoms with Gasteiger partial charge < -0.3 is 14.8 Å². The average molecular weight is 458 g/mol. The molecule has 0 fully saturated rings. The quantitative estimate of drug-likeness (QED) is 0.330. The summed E-state index contributed by atoms with van der Waals surface area (Å²) < 4.78 is 12.3. The third-order valence-electron chi connectivity index (χ3n) is 5.12. The standard InChI is InChI=1S/C22H23N3O4S2/c1-5-8-25-21(27)18-12(2)13(3)30-20(18)24-22(25)31-14(4)19(26)23-10-15-6-7-16-17(9-15)29-11-28-16/h5-7,9,14H,1,8,10-11H2,2-4H3,(H,23,26). The van der Waals surface area contributed by atoms with Crippen LogP contribution in [0.25, 0.3) is 10.2 Å². The number of hydrogen-bond acceptors (Lipinski definition) is 7. The molecule has 7 nitrogen and oxygen atoms in total. The Kier molecular flexibility index (Phi) is 6.06. The summed E-state index contributed by atoms with van der Waals surface area (Å²) in [7, 11) is 0. The van der Waals surface area contributed by atoms with Gasteiger partial charge in [0.1, 0.15) is 4.83 Å². The number of nitrogens with one attached hydrogen (secondary N) is 1. The van der Waals surface area contributed by atoms with Crippen LogP contribution in [0.1, 0.15) is 22.9 Å². The molecule has 0 spiro atoms. The van der Waals surface area contributed by atoms with E-state index in [1.54, 1.807) is 17.6 Å². The second kappa shape index (κ2) is 8.76. The van der Waals surface area contributed by atoms with Gasteiger partial charge in [-0.15, -0.1) is 17.9 Å². The fourth-order valence-corrected chi connectivity index (χ4v) is 5.30. The second-order valence-electron chi connectivity index (χ2n) is 7.23. The molecule has 3 heterocycles. The van der Waals surface area contributed by atoms with Crippen LogP contribution in [0, 0.1) is 13.8 Å². The highest BCUT2D eigenvalue weighted by Gasteiger charge is 2.21. The van der Waals surface area contributed by atoms with Gasteiger partial charge in [-0.2, -0.15) is 0 Å². The zero-order chi connectivity index (χ0) is 22.1. The fraction of sp³-hybridized carbons (Fsp3) is 0.318. The molecule has 4 rings (SSSR count). The highest BCUT2D eigenvalue weighted by atomic mass is 32.2. The number of hydrogen-bond donors (Lipinski definition) is 1. The van der Waals surface area contributed by atoms with Crippen LogP contribution < -0.4 is 20.3 Å². The largest absolute Gasteiger partial charge is 0.454 e. The molecule has 1 aliphatic heterocycles. The SMILES string of the molecule is C=CCn1c(SC(C)C(=O)NCc2ccc3c(c2)OCO3)nc2sc(C)c(C)c2c1=O. The maximum atomic E-state index is 13.1. The molecular formula is C22H23N3O4S2. The molecule has 31 heavy (non-hydrogen) atoms. The van der Waals surface area contributed by atoms with Crippen molar-refractivity contribution in [3.8, 4) is 11.5 Å². The minimum absolute atomic E-state index is 0.0952. The predicted molar refractivity (Wildman–Crippen MR) is 123 cm³/mol. The van der Waals surface area contributed by atoms with Gasteiger partial charge in [0.25, 0.3) is 5.56 Å². The van der Waals surface area contributed by atoms with Crippen LogP contribution in [0.3, 0.4) is 0 Å². The summed E-state index contributed by atoms with van der Waals surface area (Å²) in [5.74, 6) is 1.25. The number of aryl methyl sites for hydroxylation is 2. The number of amides is 1. The van der Waals surface area contributed by atoms with Gasteiger partial charge in [0, 0.05) is 18.0 Å². The van der Waals surface area contributed by atoms with Crippen LogP contribution in [0.2, 0.25) is 0 Å². The van der Waals surface area contributed by atoms with Gasteiger partial charge in [0.2, 0.25) is 12.7 Å². The Morgan fingerprint density at radius 1 is 1.39 bits per heavy atom. The first-order valence-electron chi connectivity index (χ1n) is 9.83. The van der Waals surface area contributed by atoms with E-state index in [-0.39, 0.29) is 18.3 Å². The molecule has 1 aliphatic rings. The fourth-order valence-electron chi connectivity index (χ4n) is 3.28. The van der Waals surface area contributed by atoms with Gasteiger partial charge in [-0.1, -0.05) is 23.9 Å². The lowest BCUT2D eigenvalue weighted by Gasteiger charge is -2.15. The number of ether oxygens (including phenoxy) is 2. The third-order valence-corrected chi connectivity index (χ3v) is 7.31. The van der Waals surface area contributed by atoms with E-state index in [0.29, 0.717) is 40.0 Å². The maximum Gasteiger partial charge on any atom is 0.263 e. The summed E-state index contributed by atoms with van der Waals surface area (Å²) in [5, 5.41) is 3.67. The van der Waals surface area contributed by atoms with Crippen molar-refractivity contribution in [2.24, 2.45) is 0 Å². The topological polar surface area (TPSA) is 82.5 Å². The molecule has 0 saturated carbocycles. The van der Waals surface area contributed by atoms with E-state index in [2.05, 4.69) is 11.9 Å². The first kappa shape index (κ1) is 21.5. The van der Waals surface area contributed by atoms with E-state index < -0.39 is 5.25 Å². The van der Waals surface area contributed by atoms with Crippen molar-refractivity contribution in [3.63, 3.8) is 0 Å². The van der Waals surface area contributed by atoms with Crippen LogP contribution in [0.5, 0.6) is 11.5 Å². The van der Waals surface area contributed by atoms with E-state index in [9.17, 15) is 9.59 Å². The molecule has 1 amide bonds. The summed E-state index contributed by atoms with van der Waals surface area (Å²) in [6, 6.07) is 5.59. The summed E-state index contributed by atoms with van der Waals surface area (Å²) in [5.41, 5.74) is 1.78. The lowest BCUT2D eigenvalue weighted by atomic mass is 10.2. The molecule has 1 aromatic carbocycles. The van der Waals surface area contributed by atoms with Gasteiger partial charge in [0.15, 0.2) is 16.7 Å². The molecule has 2 aromatic heterocycles. The van der Waals surface area contributed by atoms with Crippen molar-refractivity contribution in [1.29, 1.82) is 0 Å². The Labute approximate surface area is 188 Å². The Balaban J connectivity index is 1.51. The predicted octanol–water partition coefficient (Wildman–Crippen LogP) is 3.79. The zero-order valence-electron chi connectivity index (χ0n) is 17.6. The van der Waals surface area contributed by atoms with Crippen LogP contribution in [0.4, 0.5) is 0 Å². The molecule has 0 bridgehead atoms. The molecule has 1 N–H and O–H groups in total. The number of carbonyl (C=O) groups is 1. The Morgan fingerprint density at radius 2 is 2.16 bits per heavy atom. The zero-order valence-corrected chi connectivity index (χ0v) is 19.2. The van der Waals surface area contributed by atoms with Crippen molar-refractivity contribution in [2.45, 2.75) is 44.3 Å². The highest BCUT2D eigenvalue weighted by molar-refractivity contribution is 8.00. The maximum absolute atomic E-state index is 13.1. The normalized spacial score (nSPS) is 13.4. The lowest BCUT2D eigenvalue weighted by Crippen LogP contribution is -2.31. The van der Waals surface area contributed by atoms with Gasteiger partial charge in [0.05, 0.1) is 10.6 Å². The lowest BCUT2D eigenvalue weighted by molar-refractivity contribution is -0.120. The molecule has 9 heteroatoms. The van der Waals surface area contributed by atoms with Crippen LogP contribution in [-0.4, -0.2) is 27.5 Å². The summed E-state index contributed by atoms with van der Waals surface area (Å²) in [6.45, 7) is 10.4. The molecule has 1 unspecified atom stereocenters. The van der Waals surface area contributed by atoms with E-state index in [4.69, 9.17) is 14.5 Å². The van der Waals surface area contributed by atoms with Gasteiger partial charge in [-0.05, 0) is 44.0 Å². The number of thioether (sulfide) groups is 1. The smallest absolute Gasteiger partial charge is 0.263 e. The monoisotopic (exact) mass is 457 g/mol. The van der Waals surface area contributed by atoms with Crippen molar-refractivity contribution < 1.29 is 14.3 Å². The van der Waals surface area contributed by atoms with Crippen molar-refractivity contribution in [2.75, 3.05) is 6.79 Å². The number of allylic oxidation sites excluding steroid dienone is 1. The number of thiophene rings is 1. The molecule has 0 radical (unpaired) electrons. The number of aromatic nitrogens is 2. The Morgan fingerprint density at radius 3 is 2.94 bits per heavy atom. The molecular weight excluding hydrogens is 434 g/mol. The first-order chi connectivity index (χ1) is 14.9. The summed E-state index contributed by atoms with van der Waals surface area (Å²) >= 11 is 2.77. The minimum Gasteiger partial charge on any atom is -0.454 e. The Bertz CT molecular complexity index is 1230. The molecule has 162 valence electrons. The molecule has 0 saturated heterocycles. The summed E-state index contributed by atoms with van der Waals surface area (Å²) in [4.78, 5) is 32.3. The van der Waals surface area contributed by atoms with Crippen molar-refractivity contribution in [1.82, 2.24) is 14.9 Å². The minimum atomic E-state index is -0.434. The van der Waals surface area contributed by atoms with Crippen LogP contribution in [0.15, 0.2) is 40.8 Å². The van der Waals surface area contributed by atoms with E-state index in [1.165, 1.54) is 23.1 Å². The van der Waals surface area contributed by atoms with Crippen molar-refractivity contribution in [3.05, 3.63) is 57.2 Å². The number of rotatable bonds is 7. The average Bonchev–Trinajstić information content (AvgIpc) is 3.32. The molecule has 3 aromatic rings. The van der Waals surface area contributed by atoms with Gasteiger partial charge >= 0.3 is 0 Å². The van der Waals surface area contributed by atoms with Gasteiger partial charge in [-0.25, -0.2) is 4.98 Å². The van der Waals surface area contributed by atoms with Gasteiger partial charge in [-0.3, -0.25) is 14.2 Å². The van der Waals surface area contributed by atoms with E-state index in [1.807, 2.05) is 32.0 Å². The first-order valence-corrected chi connectivity index (χ1v) is 11.5. The van der Waals surface area contributed by atoms with E-state index >= 15 is 0 Å².